The monoisotopic (exact) mass is 385 g/mol. The van der Waals surface area contributed by atoms with Gasteiger partial charge in [-0.15, -0.1) is 0 Å². The smallest absolute Gasteiger partial charge is 0.387 e. The maximum absolute atomic E-state index is 12.7. The first kappa shape index (κ1) is 18.0. The molecule has 3 amide bonds. The number of urea groups is 1. The highest BCUT2D eigenvalue weighted by Crippen LogP contribution is 2.23. The first-order chi connectivity index (χ1) is 13.5. The number of hydrogen-bond acceptors (Lipinski definition) is 3. The van der Waals surface area contributed by atoms with Gasteiger partial charge in [-0.05, 0) is 29.3 Å². The van der Waals surface area contributed by atoms with Crippen LogP contribution >= 0.6 is 0 Å². The van der Waals surface area contributed by atoms with Crippen LogP contribution in [0, 0.1) is 0 Å². The van der Waals surface area contributed by atoms with Gasteiger partial charge in [-0.25, -0.2) is 4.79 Å². The van der Waals surface area contributed by atoms with Crippen LogP contribution in [-0.2, 0) is 17.8 Å². The highest BCUT2D eigenvalue weighted by atomic mass is 19.3. The lowest BCUT2D eigenvalue weighted by atomic mass is 10.0. The number of hydrogen-bond donors (Lipinski definition) is 2. The standard InChI is InChI=1S/C20H17F2N3O3/c21-19(22)28-14-5-3-4-12(8-14)11-25-18(26)17(24-20(25)27)9-13-10-23-16-7-2-1-6-15(13)16/h1-8,10,17,19,23H,9,11H2,(H,24,27)/t17-/m0/s1. The maximum Gasteiger partial charge on any atom is 0.387 e. The number of nitrogens with zero attached hydrogens (tertiary/aromatic N) is 1. The zero-order valence-corrected chi connectivity index (χ0v) is 14.7. The van der Waals surface area contributed by atoms with Gasteiger partial charge in [0, 0.05) is 23.5 Å². The largest absolute Gasteiger partial charge is 0.435 e. The highest BCUT2D eigenvalue weighted by Gasteiger charge is 2.38. The van der Waals surface area contributed by atoms with Crippen LogP contribution in [0.2, 0.25) is 0 Å². The molecule has 28 heavy (non-hydrogen) atoms. The molecule has 0 saturated carbocycles. The summed E-state index contributed by atoms with van der Waals surface area (Å²) in [5, 5.41) is 3.70. The Balaban J connectivity index is 1.48. The van der Waals surface area contributed by atoms with Crippen molar-refractivity contribution >= 4 is 22.8 Å². The Morgan fingerprint density at radius 3 is 2.75 bits per heavy atom. The van der Waals surface area contributed by atoms with Crippen LogP contribution in [0.1, 0.15) is 11.1 Å². The molecule has 1 aliphatic rings. The number of rotatable bonds is 6. The molecule has 0 spiro atoms. The van der Waals surface area contributed by atoms with Crippen LogP contribution in [0.3, 0.4) is 0 Å². The van der Waals surface area contributed by atoms with Crippen molar-refractivity contribution < 1.29 is 23.1 Å². The Labute approximate surface area is 159 Å². The normalized spacial score (nSPS) is 16.8. The van der Waals surface area contributed by atoms with E-state index in [9.17, 15) is 18.4 Å². The Hall–Kier alpha value is -3.42. The fourth-order valence-corrected chi connectivity index (χ4v) is 3.39. The molecule has 2 heterocycles. The molecule has 0 unspecified atom stereocenters. The van der Waals surface area contributed by atoms with Gasteiger partial charge in [0.2, 0.25) is 0 Å². The van der Waals surface area contributed by atoms with Gasteiger partial charge in [0.15, 0.2) is 0 Å². The van der Waals surface area contributed by atoms with Crippen LogP contribution in [-0.4, -0.2) is 34.5 Å². The molecule has 1 aromatic heterocycles. The van der Waals surface area contributed by atoms with Crippen LogP contribution < -0.4 is 10.1 Å². The lowest BCUT2D eigenvalue weighted by molar-refractivity contribution is -0.127. The van der Waals surface area contributed by atoms with Gasteiger partial charge in [0.25, 0.3) is 5.91 Å². The molecule has 2 aromatic carbocycles. The summed E-state index contributed by atoms with van der Waals surface area (Å²) >= 11 is 0. The third kappa shape index (κ3) is 3.53. The van der Waals surface area contributed by atoms with Gasteiger partial charge in [0.05, 0.1) is 6.54 Å². The number of halogens is 2. The third-order valence-electron chi connectivity index (χ3n) is 4.67. The average Bonchev–Trinajstić information content (AvgIpc) is 3.18. The minimum absolute atomic E-state index is 0.0184. The van der Waals surface area contributed by atoms with E-state index in [4.69, 9.17) is 0 Å². The van der Waals surface area contributed by atoms with E-state index in [-0.39, 0.29) is 18.2 Å². The highest BCUT2D eigenvalue weighted by molar-refractivity contribution is 6.04. The van der Waals surface area contributed by atoms with Crippen LogP contribution in [0.4, 0.5) is 13.6 Å². The lowest BCUT2D eigenvalue weighted by Gasteiger charge is -2.14. The second-order valence-electron chi connectivity index (χ2n) is 6.52. The predicted octanol–water partition coefficient (Wildman–Crippen LogP) is 3.43. The van der Waals surface area contributed by atoms with E-state index < -0.39 is 18.7 Å². The van der Waals surface area contributed by atoms with E-state index in [1.807, 2.05) is 30.5 Å². The summed E-state index contributed by atoms with van der Waals surface area (Å²) in [5.74, 6) is -0.370. The molecule has 1 fully saturated rings. The maximum atomic E-state index is 12.7. The van der Waals surface area contributed by atoms with E-state index in [0.29, 0.717) is 12.0 Å². The number of ether oxygens (including phenoxy) is 1. The van der Waals surface area contributed by atoms with Crippen molar-refractivity contribution in [3.63, 3.8) is 0 Å². The second-order valence-corrected chi connectivity index (χ2v) is 6.52. The summed E-state index contributed by atoms with van der Waals surface area (Å²) < 4.78 is 29.1. The third-order valence-corrected chi connectivity index (χ3v) is 4.67. The van der Waals surface area contributed by atoms with E-state index in [1.54, 1.807) is 6.07 Å². The quantitative estimate of drug-likeness (QED) is 0.639. The molecule has 1 saturated heterocycles. The Kier molecular flexibility index (Phi) is 4.68. The Bertz CT molecular complexity index is 1030. The molecular weight excluding hydrogens is 368 g/mol. The summed E-state index contributed by atoms with van der Waals surface area (Å²) in [7, 11) is 0. The minimum Gasteiger partial charge on any atom is -0.435 e. The molecule has 0 aliphatic carbocycles. The van der Waals surface area contributed by atoms with Crippen molar-refractivity contribution in [1.82, 2.24) is 15.2 Å². The molecule has 4 rings (SSSR count). The van der Waals surface area contributed by atoms with Gasteiger partial charge in [0.1, 0.15) is 11.8 Å². The molecule has 0 bridgehead atoms. The van der Waals surface area contributed by atoms with Gasteiger partial charge >= 0.3 is 12.6 Å². The number of fused-ring (bicyclic) bond motifs is 1. The van der Waals surface area contributed by atoms with Crippen LogP contribution in [0.5, 0.6) is 5.75 Å². The minimum atomic E-state index is -2.94. The number of para-hydroxylation sites is 1. The van der Waals surface area contributed by atoms with Crippen molar-refractivity contribution in [3.8, 4) is 5.75 Å². The van der Waals surface area contributed by atoms with Gasteiger partial charge in [-0.3, -0.25) is 9.69 Å². The van der Waals surface area contributed by atoms with Crippen LogP contribution in [0.15, 0.2) is 54.7 Å². The number of alkyl halides is 2. The van der Waals surface area contributed by atoms with E-state index in [0.717, 1.165) is 21.4 Å². The Morgan fingerprint density at radius 1 is 1.11 bits per heavy atom. The number of amides is 3. The molecular formula is C20H17F2N3O3. The van der Waals surface area contributed by atoms with Crippen LogP contribution in [0.25, 0.3) is 10.9 Å². The number of benzene rings is 2. The van der Waals surface area contributed by atoms with E-state index in [2.05, 4.69) is 15.0 Å². The van der Waals surface area contributed by atoms with Crippen molar-refractivity contribution in [3.05, 3.63) is 65.9 Å². The molecule has 0 radical (unpaired) electrons. The molecule has 2 N–H and O–H groups in total. The second kappa shape index (κ2) is 7.30. The van der Waals surface area contributed by atoms with E-state index >= 15 is 0 Å². The number of nitrogens with one attached hydrogen (secondary N) is 2. The molecule has 1 atom stereocenters. The Morgan fingerprint density at radius 2 is 1.93 bits per heavy atom. The molecule has 3 aromatic rings. The number of aromatic nitrogens is 1. The predicted molar refractivity (Wildman–Crippen MR) is 97.9 cm³/mol. The number of carbonyl (C=O) groups is 2. The summed E-state index contributed by atoms with van der Waals surface area (Å²) in [6, 6.07) is 12.5. The summed E-state index contributed by atoms with van der Waals surface area (Å²) in [6.45, 7) is -2.96. The van der Waals surface area contributed by atoms with Gasteiger partial charge in [-0.2, -0.15) is 8.78 Å². The molecule has 1 aliphatic heterocycles. The fourth-order valence-electron chi connectivity index (χ4n) is 3.39. The topological polar surface area (TPSA) is 74.4 Å². The van der Waals surface area contributed by atoms with Crippen molar-refractivity contribution in [2.75, 3.05) is 0 Å². The SMILES string of the molecule is O=C1N[C@@H](Cc2c[nH]c3ccccc23)C(=O)N1Cc1cccc(OC(F)F)c1. The van der Waals surface area contributed by atoms with Crippen molar-refractivity contribution in [2.24, 2.45) is 0 Å². The fraction of sp³-hybridized carbons (Fsp3) is 0.200. The van der Waals surface area contributed by atoms with Gasteiger partial charge in [-0.1, -0.05) is 30.3 Å². The average molecular weight is 385 g/mol. The van der Waals surface area contributed by atoms with E-state index in [1.165, 1.54) is 18.2 Å². The van der Waals surface area contributed by atoms with Crippen molar-refractivity contribution in [2.45, 2.75) is 25.6 Å². The number of carbonyl (C=O) groups excluding carboxylic acids is 2. The molecule has 6 nitrogen and oxygen atoms in total. The number of aromatic amines is 1. The summed E-state index contributed by atoms with van der Waals surface area (Å²) in [4.78, 5) is 29.2. The van der Waals surface area contributed by atoms with Crippen molar-refractivity contribution in [1.29, 1.82) is 0 Å². The molecule has 144 valence electrons. The summed E-state index contributed by atoms with van der Waals surface area (Å²) in [5.41, 5.74) is 2.42. The zero-order valence-electron chi connectivity index (χ0n) is 14.7. The first-order valence-electron chi connectivity index (χ1n) is 8.72. The summed E-state index contributed by atoms with van der Waals surface area (Å²) in [6.07, 6.45) is 2.19. The first-order valence-corrected chi connectivity index (χ1v) is 8.72. The van der Waals surface area contributed by atoms with Gasteiger partial charge < -0.3 is 15.0 Å². The number of imide groups is 1. The zero-order chi connectivity index (χ0) is 19.7. The molecule has 8 heteroatoms. The lowest BCUT2D eigenvalue weighted by Crippen LogP contribution is -2.32. The number of H-pyrrole nitrogens is 1.